The van der Waals surface area contributed by atoms with E-state index < -0.39 is 0 Å². The average Bonchev–Trinajstić information content (AvgIpc) is 2.75. The molecule has 1 aromatic rings. The fourth-order valence-electron chi connectivity index (χ4n) is 2.37. The second-order valence-electron chi connectivity index (χ2n) is 5.60. The van der Waals surface area contributed by atoms with Gasteiger partial charge in [-0.2, -0.15) is 0 Å². The lowest BCUT2D eigenvalue weighted by atomic mass is 10.0. The molecule has 2 unspecified atom stereocenters. The zero-order valence-corrected chi connectivity index (χ0v) is 13.0. The van der Waals surface area contributed by atoms with E-state index >= 15 is 0 Å². The highest BCUT2D eigenvalue weighted by Gasteiger charge is 2.25. The van der Waals surface area contributed by atoms with Crippen LogP contribution in [0, 0.1) is 6.92 Å². The zero-order valence-electron chi connectivity index (χ0n) is 13.0. The maximum atomic E-state index is 6.28. The van der Waals surface area contributed by atoms with Crippen LogP contribution in [0.1, 0.15) is 37.3 Å². The van der Waals surface area contributed by atoms with E-state index in [2.05, 4.69) is 43.9 Å². The van der Waals surface area contributed by atoms with Crippen LogP contribution in [-0.4, -0.2) is 50.1 Å². The Morgan fingerprint density at radius 1 is 1.21 bits per heavy atom. The smallest absolute Gasteiger partial charge is 0.122 e. The summed E-state index contributed by atoms with van der Waals surface area (Å²) in [5.41, 5.74) is 6.28. The standard InChI is InChI=1S/C15H29N3O/c1-6-13(16)15(14-9-8-12(2)19-14)18(5)11-7-10-17(3)4/h8-9,13,15H,6-7,10-11,16H2,1-5H3. The van der Waals surface area contributed by atoms with E-state index in [9.17, 15) is 0 Å². The van der Waals surface area contributed by atoms with Crippen LogP contribution >= 0.6 is 0 Å². The van der Waals surface area contributed by atoms with Crippen LogP contribution in [0.5, 0.6) is 0 Å². The van der Waals surface area contributed by atoms with Crippen LogP contribution in [0.25, 0.3) is 0 Å². The van der Waals surface area contributed by atoms with Crippen molar-refractivity contribution in [2.24, 2.45) is 5.73 Å². The molecule has 2 atom stereocenters. The van der Waals surface area contributed by atoms with E-state index in [0.29, 0.717) is 0 Å². The second kappa shape index (κ2) is 7.68. The quantitative estimate of drug-likeness (QED) is 0.784. The molecule has 0 aliphatic rings. The summed E-state index contributed by atoms with van der Waals surface area (Å²) in [5, 5.41) is 0. The highest BCUT2D eigenvalue weighted by molar-refractivity contribution is 5.12. The van der Waals surface area contributed by atoms with E-state index in [1.807, 2.05) is 13.0 Å². The normalized spacial score (nSPS) is 15.2. The van der Waals surface area contributed by atoms with Crippen molar-refractivity contribution in [2.75, 3.05) is 34.2 Å². The molecule has 0 bridgehead atoms. The van der Waals surface area contributed by atoms with Crippen LogP contribution < -0.4 is 5.73 Å². The first-order valence-corrected chi connectivity index (χ1v) is 7.12. The van der Waals surface area contributed by atoms with Crippen LogP contribution in [0.4, 0.5) is 0 Å². The van der Waals surface area contributed by atoms with Gasteiger partial charge in [-0.3, -0.25) is 4.90 Å². The predicted molar refractivity (Wildman–Crippen MR) is 80.3 cm³/mol. The number of rotatable bonds is 8. The molecule has 0 spiro atoms. The van der Waals surface area contributed by atoms with Crippen molar-refractivity contribution in [3.05, 3.63) is 23.7 Å². The third-order valence-corrected chi connectivity index (χ3v) is 3.52. The van der Waals surface area contributed by atoms with Gasteiger partial charge in [-0.05, 0) is 66.1 Å². The van der Waals surface area contributed by atoms with Gasteiger partial charge in [0, 0.05) is 6.04 Å². The Morgan fingerprint density at radius 3 is 2.37 bits per heavy atom. The van der Waals surface area contributed by atoms with Crippen molar-refractivity contribution in [2.45, 2.75) is 38.8 Å². The molecule has 1 heterocycles. The summed E-state index contributed by atoms with van der Waals surface area (Å²) >= 11 is 0. The Kier molecular flexibility index (Phi) is 6.55. The molecule has 0 aliphatic carbocycles. The van der Waals surface area contributed by atoms with Gasteiger partial charge in [0.25, 0.3) is 0 Å². The summed E-state index contributed by atoms with van der Waals surface area (Å²) in [6.45, 7) is 6.22. The molecule has 4 nitrogen and oxygen atoms in total. The molecule has 0 saturated heterocycles. The molecule has 0 radical (unpaired) electrons. The van der Waals surface area contributed by atoms with Crippen molar-refractivity contribution in [3.8, 4) is 0 Å². The summed E-state index contributed by atoms with van der Waals surface area (Å²) in [5.74, 6) is 1.93. The number of nitrogens with two attached hydrogens (primary N) is 1. The molecule has 1 aromatic heterocycles. The number of hydrogen-bond acceptors (Lipinski definition) is 4. The van der Waals surface area contributed by atoms with Gasteiger partial charge in [-0.15, -0.1) is 0 Å². The average molecular weight is 267 g/mol. The molecular weight excluding hydrogens is 238 g/mol. The molecule has 0 amide bonds. The molecular formula is C15H29N3O. The lowest BCUT2D eigenvalue weighted by molar-refractivity contribution is 0.174. The van der Waals surface area contributed by atoms with E-state index in [1.54, 1.807) is 0 Å². The van der Waals surface area contributed by atoms with E-state index in [0.717, 1.165) is 37.5 Å². The Balaban J connectivity index is 2.68. The molecule has 0 fully saturated rings. The van der Waals surface area contributed by atoms with Crippen LogP contribution in [0.3, 0.4) is 0 Å². The number of aryl methyl sites for hydroxylation is 1. The Bertz CT molecular complexity index is 362. The van der Waals surface area contributed by atoms with Crippen molar-refractivity contribution in [3.63, 3.8) is 0 Å². The highest BCUT2D eigenvalue weighted by Crippen LogP contribution is 2.25. The summed E-state index contributed by atoms with van der Waals surface area (Å²) in [7, 11) is 6.34. The third-order valence-electron chi connectivity index (χ3n) is 3.52. The maximum Gasteiger partial charge on any atom is 0.122 e. The molecule has 0 aliphatic heterocycles. The van der Waals surface area contributed by atoms with Crippen LogP contribution in [0.15, 0.2) is 16.5 Å². The minimum Gasteiger partial charge on any atom is -0.465 e. The molecule has 110 valence electrons. The van der Waals surface area contributed by atoms with Crippen LogP contribution in [0.2, 0.25) is 0 Å². The molecule has 0 aromatic carbocycles. The van der Waals surface area contributed by atoms with Gasteiger partial charge in [0.2, 0.25) is 0 Å². The van der Waals surface area contributed by atoms with E-state index in [1.165, 1.54) is 0 Å². The molecule has 1 rings (SSSR count). The Labute approximate surface area is 117 Å². The lowest BCUT2D eigenvalue weighted by Crippen LogP contribution is -2.39. The molecule has 0 saturated carbocycles. The predicted octanol–water partition coefficient (Wildman–Crippen LogP) is 2.25. The number of hydrogen-bond donors (Lipinski definition) is 1. The van der Waals surface area contributed by atoms with Crippen molar-refractivity contribution < 1.29 is 4.42 Å². The van der Waals surface area contributed by atoms with Gasteiger partial charge in [0.15, 0.2) is 0 Å². The first-order chi connectivity index (χ1) is 8.95. The van der Waals surface area contributed by atoms with Crippen molar-refractivity contribution >= 4 is 0 Å². The Hall–Kier alpha value is -0.840. The summed E-state index contributed by atoms with van der Waals surface area (Å²) in [6, 6.07) is 4.34. The first-order valence-electron chi connectivity index (χ1n) is 7.12. The highest BCUT2D eigenvalue weighted by atomic mass is 16.3. The van der Waals surface area contributed by atoms with Gasteiger partial charge in [0.05, 0.1) is 6.04 Å². The largest absolute Gasteiger partial charge is 0.465 e. The van der Waals surface area contributed by atoms with Gasteiger partial charge in [0.1, 0.15) is 11.5 Å². The topological polar surface area (TPSA) is 45.6 Å². The van der Waals surface area contributed by atoms with Crippen molar-refractivity contribution in [1.29, 1.82) is 0 Å². The SMILES string of the molecule is CCC(N)C(c1ccc(C)o1)N(C)CCCN(C)C. The third kappa shape index (κ3) is 4.97. The molecule has 19 heavy (non-hydrogen) atoms. The first kappa shape index (κ1) is 16.2. The fraction of sp³-hybridized carbons (Fsp3) is 0.733. The van der Waals surface area contributed by atoms with Gasteiger partial charge < -0.3 is 15.1 Å². The summed E-state index contributed by atoms with van der Waals surface area (Å²) in [6.07, 6.45) is 2.08. The minimum absolute atomic E-state index is 0.106. The molecule has 4 heteroatoms. The molecule has 2 N–H and O–H groups in total. The zero-order chi connectivity index (χ0) is 14.4. The van der Waals surface area contributed by atoms with Gasteiger partial charge in [-0.1, -0.05) is 6.92 Å². The number of nitrogens with zero attached hydrogens (tertiary/aromatic N) is 2. The minimum atomic E-state index is 0.106. The number of likely N-dealkylation sites (N-methyl/N-ethyl adjacent to an activating group) is 1. The van der Waals surface area contributed by atoms with Gasteiger partial charge in [-0.25, -0.2) is 0 Å². The lowest BCUT2D eigenvalue weighted by Gasteiger charge is -2.31. The second-order valence-corrected chi connectivity index (χ2v) is 5.60. The van der Waals surface area contributed by atoms with E-state index in [-0.39, 0.29) is 12.1 Å². The summed E-state index contributed by atoms with van der Waals surface area (Å²) in [4.78, 5) is 4.52. The van der Waals surface area contributed by atoms with Crippen LogP contribution in [-0.2, 0) is 0 Å². The Morgan fingerprint density at radius 2 is 1.89 bits per heavy atom. The van der Waals surface area contributed by atoms with Crippen molar-refractivity contribution in [1.82, 2.24) is 9.80 Å². The monoisotopic (exact) mass is 267 g/mol. The fourth-order valence-corrected chi connectivity index (χ4v) is 2.37. The maximum absolute atomic E-state index is 6.28. The number of furan rings is 1. The van der Waals surface area contributed by atoms with Gasteiger partial charge >= 0.3 is 0 Å². The van der Waals surface area contributed by atoms with E-state index in [4.69, 9.17) is 10.2 Å². The summed E-state index contributed by atoms with van der Waals surface area (Å²) < 4.78 is 5.79.